The highest BCUT2D eigenvalue weighted by Crippen LogP contribution is 2.41. The summed E-state index contributed by atoms with van der Waals surface area (Å²) >= 11 is 15.5. The van der Waals surface area contributed by atoms with Gasteiger partial charge in [-0.15, -0.1) is 11.3 Å². The lowest BCUT2D eigenvalue weighted by molar-refractivity contribution is -0.132. The number of amides is 3. The fourth-order valence-electron chi connectivity index (χ4n) is 8.77. The molecule has 3 amide bonds. The Labute approximate surface area is 552 Å². The van der Waals surface area contributed by atoms with Gasteiger partial charge < -0.3 is 46.0 Å². The van der Waals surface area contributed by atoms with Gasteiger partial charge in [0.1, 0.15) is 12.1 Å². The Hall–Kier alpha value is -4.13. The smallest absolute Gasteiger partial charge is 0.241 e. The number of halogens is 2. The number of hydrogen-bond acceptors (Lipinski definition) is 13. The second-order valence-electron chi connectivity index (χ2n) is 23.0. The van der Waals surface area contributed by atoms with Gasteiger partial charge in [-0.05, 0) is 125 Å². The Morgan fingerprint density at radius 1 is 0.852 bits per heavy atom. The van der Waals surface area contributed by atoms with Crippen LogP contribution in [0, 0.1) is 30.1 Å². The van der Waals surface area contributed by atoms with Gasteiger partial charge in [-0.3, -0.25) is 14.4 Å². The molecular formula is C70H119Cl2N7O7S2. The average molecular weight is 1310 g/mol. The number of unbranched alkanes of at least 4 members (excludes halogenated alkanes) is 4. The van der Waals surface area contributed by atoms with Crippen LogP contribution in [0.4, 0.5) is 0 Å². The lowest BCUT2D eigenvalue weighted by Crippen LogP contribution is -2.39. The number of hydrogen-bond donors (Lipinski definition) is 4. The Kier molecular flexibility index (Phi) is 54.4. The summed E-state index contributed by atoms with van der Waals surface area (Å²) in [5, 5.41) is 6.66. The van der Waals surface area contributed by atoms with Crippen molar-refractivity contribution in [2.45, 2.75) is 211 Å². The molecule has 0 spiro atoms. The maximum atomic E-state index is 12.1. The van der Waals surface area contributed by atoms with Crippen LogP contribution < -0.4 is 22.1 Å². The molecule has 1 aliphatic rings. The van der Waals surface area contributed by atoms with Gasteiger partial charge in [0.05, 0.1) is 72.3 Å². The minimum atomic E-state index is -0.189. The maximum absolute atomic E-state index is 12.1. The van der Waals surface area contributed by atoms with Crippen LogP contribution in [0.1, 0.15) is 204 Å². The zero-order valence-electron chi connectivity index (χ0n) is 56.9. The largest absolute Gasteiger partial charge is 0.383 e. The Balaban J connectivity index is 0. The van der Waals surface area contributed by atoms with Gasteiger partial charge in [-0.1, -0.05) is 199 Å². The molecule has 2 aromatic carbocycles. The number of carbonyl (C=O) groups excluding carboxylic acids is 4. The van der Waals surface area contributed by atoms with Crippen molar-refractivity contribution < 1.29 is 33.4 Å². The molecule has 0 radical (unpaired) electrons. The summed E-state index contributed by atoms with van der Waals surface area (Å²) in [5.74, 6) is 2.02. The minimum absolute atomic E-state index is 0.0254. The molecule has 6 N–H and O–H groups in total. The quantitative estimate of drug-likeness (QED) is 0.0187. The molecule has 1 aromatic heterocycles. The number of nitrogens with zero attached hydrogens (tertiary/aromatic N) is 3. The third-order valence-corrected chi connectivity index (χ3v) is 17.0. The first-order valence-electron chi connectivity index (χ1n) is 32.6. The van der Waals surface area contributed by atoms with E-state index >= 15 is 0 Å². The minimum Gasteiger partial charge on any atom is -0.383 e. The second-order valence-corrected chi connectivity index (χ2v) is 25.7. The van der Waals surface area contributed by atoms with Gasteiger partial charge in [0.25, 0.3) is 0 Å². The fraction of sp³-hybridized carbons (Fsp3) is 0.657. The number of aromatic nitrogens is 1. The predicted molar refractivity (Wildman–Crippen MR) is 378 cm³/mol. The highest BCUT2D eigenvalue weighted by Gasteiger charge is 2.27. The number of aryl methyl sites for hydroxylation is 2. The van der Waals surface area contributed by atoms with Crippen molar-refractivity contribution in [3.05, 3.63) is 92.7 Å². The number of thioether (sulfide) groups is 1. The molecular weight excluding hydrogens is 1190 g/mol. The lowest BCUT2D eigenvalue weighted by atomic mass is 9.74. The molecule has 1 aliphatic heterocycles. The number of nitrogens with two attached hydrogens (primary N) is 2. The number of nitrogens with one attached hydrogen (secondary N) is 2. The third-order valence-electron chi connectivity index (χ3n) is 13.7. The molecule has 1 saturated heterocycles. The number of benzene rings is 2. The Morgan fingerprint density at radius 2 is 1.44 bits per heavy atom. The molecule has 2 heterocycles. The molecule has 4 rings (SSSR count). The van der Waals surface area contributed by atoms with E-state index < -0.39 is 0 Å². The van der Waals surface area contributed by atoms with Crippen molar-refractivity contribution in [1.82, 2.24) is 20.5 Å². The highest BCUT2D eigenvalue weighted by molar-refractivity contribution is 8.03. The molecule has 3 aromatic rings. The number of ether oxygens (including phenoxy) is 3. The van der Waals surface area contributed by atoms with Crippen molar-refractivity contribution in [1.29, 1.82) is 0 Å². The summed E-state index contributed by atoms with van der Waals surface area (Å²) in [6, 6.07) is 14.4. The summed E-state index contributed by atoms with van der Waals surface area (Å²) in [5.41, 5.74) is 19.2. The van der Waals surface area contributed by atoms with E-state index in [1.807, 2.05) is 24.6 Å². The molecule has 14 nitrogen and oxygen atoms in total. The number of aldehydes is 1. The third kappa shape index (κ3) is 42.8. The monoisotopic (exact) mass is 1300 g/mol. The van der Waals surface area contributed by atoms with Crippen LogP contribution in [0.3, 0.4) is 0 Å². The zero-order valence-corrected chi connectivity index (χ0v) is 60.1. The standard InChI is InChI=1S/C32H62N4O6.C16H20Cl2N2S.C13H15NS.C4H10.C3H8.C2H4O/c1-4-6-9-15-32(27-33,14-5-2)16-10-7-8-11-29(37)34-17-20-41-22-24-42-23-21-40-19-13-30(38)35-25-31(39)36-18-12-28(3)26-36;1-5-10(3)15(16(19)20-11(4)6-2)21-13-9-7-8-12(17)14(13)18;1-3-4-11-5-7-12(8-6-11)13-10(2)14-9-15-13;1-4(2)3;1-3-2;1-2-3/h28H,4-27,33H2,1-3H3,(H,34,37)(H,35,38);6-10H,2,5,19H2,1,3-4H3;5-9H,3-4H2,1-2H3;4H,1-3H3;3H2,1-2H3;2H,1H3/b;16-15+,20-11-;;;;. The van der Waals surface area contributed by atoms with Crippen LogP contribution in [0.15, 0.2) is 81.2 Å². The van der Waals surface area contributed by atoms with E-state index in [-0.39, 0.29) is 48.6 Å². The van der Waals surface area contributed by atoms with E-state index in [1.54, 1.807) is 28.4 Å². The van der Waals surface area contributed by atoms with Gasteiger partial charge in [-0.2, -0.15) is 0 Å². The summed E-state index contributed by atoms with van der Waals surface area (Å²) in [6.07, 6.45) is 20.5. The van der Waals surface area contributed by atoms with Crippen molar-refractivity contribution in [3.63, 3.8) is 0 Å². The van der Waals surface area contributed by atoms with E-state index in [0.29, 0.717) is 67.8 Å². The van der Waals surface area contributed by atoms with E-state index in [1.165, 1.54) is 98.9 Å². The van der Waals surface area contributed by atoms with E-state index in [4.69, 9.17) is 53.7 Å². The van der Waals surface area contributed by atoms with E-state index in [9.17, 15) is 14.4 Å². The molecule has 88 heavy (non-hydrogen) atoms. The summed E-state index contributed by atoms with van der Waals surface area (Å²) in [6.45, 7) is 38.2. The van der Waals surface area contributed by atoms with Crippen molar-refractivity contribution >= 4 is 76.0 Å². The summed E-state index contributed by atoms with van der Waals surface area (Å²) in [4.78, 5) is 58.4. The average Bonchev–Trinajstić information content (AvgIpc) is 4.04. The van der Waals surface area contributed by atoms with Gasteiger partial charge >= 0.3 is 0 Å². The molecule has 1 fully saturated rings. The fourth-order valence-corrected chi connectivity index (χ4v) is 11.2. The molecule has 0 aliphatic carbocycles. The number of aliphatic imine (C=N–C) groups is 1. The Bertz CT molecular complexity index is 2350. The first-order chi connectivity index (χ1) is 42.1. The Morgan fingerprint density at radius 3 is 1.97 bits per heavy atom. The van der Waals surface area contributed by atoms with Crippen LogP contribution in [0.2, 0.25) is 10.0 Å². The van der Waals surface area contributed by atoms with Crippen LogP contribution in [0.5, 0.6) is 0 Å². The highest BCUT2D eigenvalue weighted by atomic mass is 35.5. The molecule has 502 valence electrons. The summed E-state index contributed by atoms with van der Waals surface area (Å²) in [7, 11) is 0. The summed E-state index contributed by atoms with van der Waals surface area (Å²) < 4.78 is 16.4. The van der Waals surface area contributed by atoms with Crippen LogP contribution in [0.25, 0.3) is 10.4 Å². The SMILES string of the molecule is C=C/C(C)=N\C(N)=C(\Sc1cccc(Cl)c1Cl)C(C)CC.CC(C)C.CC=O.CCC.CCCCCC(CN)(CCC)CCCCCC(=O)NCCOCCOCCOCCC(=O)NCC(=O)N1CCC(C)C1.CCCc1ccc(-c2scnc2C)cc1. The normalized spacial score (nSPS) is 13.9. The van der Waals surface area contributed by atoms with Gasteiger partial charge in [0, 0.05) is 48.0 Å². The second kappa shape index (κ2) is 55.7. The molecule has 18 heteroatoms. The number of allylic oxidation sites excluding steroid dienone is 2. The van der Waals surface area contributed by atoms with Crippen molar-refractivity contribution in [2.75, 3.05) is 72.4 Å². The number of rotatable bonds is 36. The number of carbonyl (C=O) groups is 4. The zero-order chi connectivity index (χ0) is 66.5. The molecule has 3 atom stereocenters. The molecule has 0 saturated carbocycles. The lowest BCUT2D eigenvalue weighted by Gasteiger charge is -2.33. The van der Waals surface area contributed by atoms with Gasteiger partial charge in [0.2, 0.25) is 17.7 Å². The van der Waals surface area contributed by atoms with E-state index in [0.717, 1.165) is 85.1 Å². The topological polar surface area (TPSA) is 201 Å². The van der Waals surface area contributed by atoms with E-state index in [2.05, 4.69) is 135 Å². The van der Waals surface area contributed by atoms with Crippen LogP contribution >= 0.6 is 46.3 Å². The van der Waals surface area contributed by atoms with Crippen molar-refractivity contribution in [3.8, 4) is 10.4 Å². The first kappa shape index (κ1) is 85.9. The first-order valence-corrected chi connectivity index (χ1v) is 35.0. The van der Waals surface area contributed by atoms with Crippen LogP contribution in [-0.4, -0.2) is 112 Å². The van der Waals surface area contributed by atoms with Crippen molar-refractivity contribution in [2.24, 2.45) is 39.6 Å². The number of thiazole rings is 1. The number of likely N-dealkylation sites (tertiary alicyclic amines) is 1. The van der Waals surface area contributed by atoms with Crippen LogP contribution in [-0.2, 0) is 39.8 Å². The molecule has 3 unspecified atom stereocenters. The van der Waals surface area contributed by atoms with Gasteiger partial charge in [-0.25, -0.2) is 9.98 Å². The molecule has 0 bridgehead atoms. The van der Waals surface area contributed by atoms with Gasteiger partial charge in [0.15, 0.2) is 0 Å². The maximum Gasteiger partial charge on any atom is 0.241 e. The predicted octanol–water partition coefficient (Wildman–Crippen LogP) is 17.1.